The molecule has 0 aliphatic carbocycles. The number of aromatic nitrogens is 1. The first-order chi connectivity index (χ1) is 14.9. The molecule has 31 heavy (non-hydrogen) atoms. The maximum absolute atomic E-state index is 12.2. The van der Waals surface area contributed by atoms with Gasteiger partial charge in [-0.15, -0.1) is 0 Å². The Balaban J connectivity index is 1.76. The van der Waals surface area contributed by atoms with Crippen LogP contribution in [0.1, 0.15) is 27.8 Å². The highest BCUT2D eigenvalue weighted by Gasteiger charge is 2.22. The van der Waals surface area contributed by atoms with Crippen LogP contribution in [0.2, 0.25) is 0 Å². The molecular weight excluding hydrogens is 400 g/mol. The van der Waals surface area contributed by atoms with Gasteiger partial charge in [0.2, 0.25) is 0 Å². The Bertz CT molecular complexity index is 1090. The van der Waals surface area contributed by atoms with Crippen molar-refractivity contribution in [3.05, 3.63) is 66.0 Å². The minimum absolute atomic E-state index is 0.0982. The fourth-order valence-corrected chi connectivity index (χ4v) is 2.98. The van der Waals surface area contributed by atoms with Crippen molar-refractivity contribution < 1.29 is 23.9 Å². The molecular formula is C22H22N4O5. The van der Waals surface area contributed by atoms with Gasteiger partial charge in [0.15, 0.2) is 0 Å². The number of methoxy groups -OCH3 is 1. The summed E-state index contributed by atoms with van der Waals surface area (Å²) in [6, 6.07) is 13.1. The Morgan fingerprint density at radius 2 is 1.55 bits per heavy atom. The molecule has 0 saturated heterocycles. The first kappa shape index (κ1) is 21.4. The van der Waals surface area contributed by atoms with Gasteiger partial charge in [-0.05, 0) is 48.9 Å². The van der Waals surface area contributed by atoms with Crippen molar-refractivity contribution >= 4 is 29.3 Å². The third-order valence-electron chi connectivity index (χ3n) is 4.40. The quantitative estimate of drug-likeness (QED) is 0.431. The SMILES string of the molecule is CCOC(=O)c1c[nH]c(C(N)=O)c1-c1ccc(NC(=O)Nc2ccc(OC)cc2)cc1. The van der Waals surface area contributed by atoms with Gasteiger partial charge in [0.1, 0.15) is 11.4 Å². The minimum atomic E-state index is -0.702. The predicted molar refractivity (Wildman–Crippen MR) is 116 cm³/mol. The van der Waals surface area contributed by atoms with Crippen LogP contribution in [0, 0.1) is 0 Å². The van der Waals surface area contributed by atoms with Crippen LogP contribution in [0.15, 0.2) is 54.7 Å². The number of primary amides is 1. The molecule has 1 heterocycles. The third-order valence-corrected chi connectivity index (χ3v) is 4.40. The summed E-state index contributed by atoms with van der Waals surface area (Å²) in [7, 11) is 1.56. The van der Waals surface area contributed by atoms with Crippen molar-refractivity contribution in [3.8, 4) is 16.9 Å². The number of benzene rings is 2. The summed E-state index contributed by atoms with van der Waals surface area (Å²) in [6.45, 7) is 1.89. The van der Waals surface area contributed by atoms with E-state index in [1.807, 2.05) is 0 Å². The van der Waals surface area contributed by atoms with E-state index in [9.17, 15) is 14.4 Å². The number of carbonyl (C=O) groups excluding carboxylic acids is 3. The van der Waals surface area contributed by atoms with Crippen LogP contribution in [0.3, 0.4) is 0 Å². The van der Waals surface area contributed by atoms with Gasteiger partial charge < -0.3 is 30.8 Å². The number of hydrogen-bond donors (Lipinski definition) is 4. The zero-order valence-corrected chi connectivity index (χ0v) is 17.0. The summed E-state index contributed by atoms with van der Waals surface area (Å²) in [6.07, 6.45) is 1.39. The third kappa shape index (κ3) is 5.02. The Labute approximate surface area is 178 Å². The number of nitrogens with one attached hydrogen (secondary N) is 3. The highest BCUT2D eigenvalue weighted by Crippen LogP contribution is 2.29. The largest absolute Gasteiger partial charge is 0.497 e. The number of amides is 3. The number of hydrogen-bond acceptors (Lipinski definition) is 5. The molecule has 160 valence electrons. The van der Waals surface area contributed by atoms with E-state index in [4.69, 9.17) is 15.2 Å². The number of rotatable bonds is 7. The van der Waals surface area contributed by atoms with E-state index < -0.39 is 17.9 Å². The van der Waals surface area contributed by atoms with Gasteiger partial charge in [-0.2, -0.15) is 0 Å². The van der Waals surface area contributed by atoms with Gasteiger partial charge in [0.25, 0.3) is 5.91 Å². The van der Waals surface area contributed by atoms with Crippen LogP contribution >= 0.6 is 0 Å². The van der Waals surface area contributed by atoms with Crippen LogP contribution in [0.4, 0.5) is 16.2 Å². The minimum Gasteiger partial charge on any atom is -0.497 e. The summed E-state index contributed by atoms with van der Waals surface area (Å²) in [5.74, 6) is -0.585. The second-order valence-electron chi connectivity index (χ2n) is 6.42. The molecule has 0 radical (unpaired) electrons. The smallest absolute Gasteiger partial charge is 0.340 e. The van der Waals surface area contributed by atoms with Crippen molar-refractivity contribution in [2.45, 2.75) is 6.92 Å². The molecule has 1 aromatic heterocycles. The number of nitrogens with two attached hydrogens (primary N) is 1. The molecule has 9 heteroatoms. The molecule has 9 nitrogen and oxygen atoms in total. The number of carbonyl (C=O) groups is 3. The molecule has 2 aromatic carbocycles. The summed E-state index contributed by atoms with van der Waals surface area (Å²) < 4.78 is 10.1. The lowest BCUT2D eigenvalue weighted by molar-refractivity contribution is 0.0527. The number of ether oxygens (including phenoxy) is 2. The van der Waals surface area contributed by atoms with Crippen molar-refractivity contribution in [2.24, 2.45) is 5.73 Å². The number of H-pyrrole nitrogens is 1. The van der Waals surface area contributed by atoms with Crippen molar-refractivity contribution in [3.63, 3.8) is 0 Å². The van der Waals surface area contributed by atoms with E-state index in [0.717, 1.165) is 0 Å². The van der Waals surface area contributed by atoms with E-state index in [2.05, 4.69) is 15.6 Å². The molecule has 0 atom stereocenters. The van der Waals surface area contributed by atoms with Crippen molar-refractivity contribution in [1.29, 1.82) is 0 Å². The molecule has 0 unspecified atom stereocenters. The Kier molecular flexibility index (Phi) is 6.56. The van der Waals surface area contributed by atoms with Crippen LogP contribution in [0.5, 0.6) is 5.75 Å². The molecule has 0 bridgehead atoms. The average molecular weight is 422 g/mol. The van der Waals surface area contributed by atoms with Gasteiger partial charge in [-0.3, -0.25) is 4.79 Å². The highest BCUT2D eigenvalue weighted by atomic mass is 16.5. The fraction of sp³-hybridized carbons (Fsp3) is 0.136. The molecule has 3 rings (SSSR count). The van der Waals surface area contributed by atoms with E-state index in [1.54, 1.807) is 62.6 Å². The summed E-state index contributed by atoms with van der Waals surface area (Å²) in [4.78, 5) is 39.0. The molecule has 0 fully saturated rings. The maximum Gasteiger partial charge on any atom is 0.340 e. The number of urea groups is 1. The van der Waals surface area contributed by atoms with Crippen LogP contribution in [-0.4, -0.2) is 36.6 Å². The molecule has 3 aromatic rings. The molecule has 0 saturated carbocycles. The Morgan fingerprint density at radius 1 is 0.968 bits per heavy atom. The fourth-order valence-electron chi connectivity index (χ4n) is 2.98. The van der Waals surface area contributed by atoms with E-state index in [-0.39, 0.29) is 17.9 Å². The average Bonchev–Trinajstić information content (AvgIpc) is 3.20. The Hall–Kier alpha value is -4.27. The van der Waals surface area contributed by atoms with Gasteiger partial charge in [-0.25, -0.2) is 9.59 Å². The van der Waals surface area contributed by atoms with Crippen LogP contribution < -0.4 is 21.1 Å². The lowest BCUT2D eigenvalue weighted by Gasteiger charge is -2.10. The first-order valence-electron chi connectivity index (χ1n) is 9.43. The van der Waals surface area contributed by atoms with E-state index in [1.165, 1.54) is 6.20 Å². The second-order valence-corrected chi connectivity index (χ2v) is 6.42. The van der Waals surface area contributed by atoms with Gasteiger partial charge in [-0.1, -0.05) is 12.1 Å². The van der Waals surface area contributed by atoms with Crippen LogP contribution in [0.25, 0.3) is 11.1 Å². The Morgan fingerprint density at radius 3 is 2.06 bits per heavy atom. The molecule has 0 aliphatic heterocycles. The lowest BCUT2D eigenvalue weighted by atomic mass is 10.0. The molecule has 5 N–H and O–H groups in total. The number of esters is 1. The van der Waals surface area contributed by atoms with Gasteiger partial charge >= 0.3 is 12.0 Å². The normalized spacial score (nSPS) is 10.3. The van der Waals surface area contributed by atoms with Gasteiger partial charge in [0, 0.05) is 23.1 Å². The summed E-state index contributed by atoms with van der Waals surface area (Å²) in [5, 5.41) is 5.43. The maximum atomic E-state index is 12.2. The standard InChI is InChI=1S/C22H22N4O5/c1-3-31-21(28)17-12-24-19(20(23)27)18(17)13-4-6-14(7-5-13)25-22(29)26-15-8-10-16(30-2)11-9-15/h4-12,24H,3H2,1-2H3,(H2,23,27)(H2,25,26,29). The lowest BCUT2D eigenvalue weighted by Crippen LogP contribution is -2.19. The van der Waals surface area contributed by atoms with E-state index in [0.29, 0.717) is 28.3 Å². The zero-order valence-electron chi connectivity index (χ0n) is 17.0. The number of anilines is 2. The predicted octanol–water partition coefficient (Wildman–Crippen LogP) is 3.61. The van der Waals surface area contributed by atoms with Crippen molar-refractivity contribution in [2.75, 3.05) is 24.4 Å². The van der Waals surface area contributed by atoms with Crippen molar-refractivity contribution in [1.82, 2.24) is 4.98 Å². The topological polar surface area (TPSA) is 136 Å². The van der Waals surface area contributed by atoms with Gasteiger partial charge in [0.05, 0.1) is 19.3 Å². The molecule has 3 amide bonds. The molecule has 0 aliphatic rings. The highest BCUT2D eigenvalue weighted by molar-refractivity contribution is 6.07. The van der Waals surface area contributed by atoms with E-state index >= 15 is 0 Å². The first-order valence-corrected chi connectivity index (χ1v) is 9.43. The number of aromatic amines is 1. The summed E-state index contributed by atoms with van der Waals surface area (Å²) in [5.41, 5.74) is 7.77. The summed E-state index contributed by atoms with van der Waals surface area (Å²) >= 11 is 0. The molecule has 0 spiro atoms. The second kappa shape index (κ2) is 9.49. The monoisotopic (exact) mass is 422 g/mol. The van der Waals surface area contributed by atoms with Crippen LogP contribution in [-0.2, 0) is 4.74 Å². The zero-order chi connectivity index (χ0) is 22.4.